The molecule has 0 radical (unpaired) electrons. The van der Waals surface area contributed by atoms with Crippen LogP contribution in [0.5, 0.6) is 0 Å². The van der Waals surface area contributed by atoms with Crippen LogP contribution in [0.4, 0.5) is 17.1 Å². The summed E-state index contributed by atoms with van der Waals surface area (Å²) in [4.78, 5) is 2.51. The molecule has 0 bridgehead atoms. The van der Waals surface area contributed by atoms with Gasteiger partial charge in [-0.05, 0) is 171 Å². The minimum absolute atomic E-state index is 0.254. The van der Waals surface area contributed by atoms with Crippen molar-refractivity contribution in [3.05, 3.63) is 259 Å². The summed E-state index contributed by atoms with van der Waals surface area (Å²) in [5.74, 6) is 0.868. The van der Waals surface area contributed by atoms with Gasteiger partial charge in [0.15, 0.2) is 0 Å². The summed E-state index contributed by atoms with van der Waals surface area (Å²) in [6.45, 7) is 4.82. The van der Waals surface area contributed by atoms with E-state index in [1.165, 1.54) is 99.5 Å². The molecule has 1 aliphatic heterocycles. The van der Waals surface area contributed by atoms with Crippen LogP contribution in [0.1, 0.15) is 48.3 Å². The van der Waals surface area contributed by atoms with Crippen molar-refractivity contribution in [1.82, 2.24) is 9.13 Å². The first kappa shape index (κ1) is 42.6. The zero-order valence-corrected chi connectivity index (χ0v) is 41.3. The van der Waals surface area contributed by atoms with Gasteiger partial charge in [0.2, 0.25) is 0 Å². The van der Waals surface area contributed by atoms with E-state index in [0.717, 1.165) is 33.8 Å². The van der Waals surface area contributed by atoms with Crippen LogP contribution < -0.4 is 10.6 Å². The topological polar surface area (TPSA) is 39.1 Å². The van der Waals surface area contributed by atoms with Gasteiger partial charge in [-0.2, -0.15) is 0 Å². The number of para-hydroxylation sites is 4. The molecule has 0 amide bonds. The van der Waals surface area contributed by atoms with Crippen molar-refractivity contribution in [1.29, 1.82) is 0 Å². The first-order valence-electron chi connectivity index (χ1n) is 26.1. The maximum Gasteiger partial charge on any atom is 0.0629 e. The van der Waals surface area contributed by atoms with E-state index in [2.05, 4.69) is 271 Å². The summed E-state index contributed by atoms with van der Waals surface area (Å²) in [7, 11) is 0. The van der Waals surface area contributed by atoms with Crippen molar-refractivity contribution in [3.8, 4) is 55.9 Å². The SMILES string of the molecule is CC1c2cc(-c3cc(-c4ccc5c(c4)c4ccccc4n5-c4ccccc4)ccc3N)ccc2-c2cc3c(cc2C1C)c1cc(-c2ccc4c(c2)C2C=CC=CC2N4c2ccccc2)ccc1n3-c1ccccc1. The van der Waals surface area contributed by atoms with Gasteiger partial charge in [0.05, 0.1) is 28.1 Å². The van der Waals surface area contributed by atoms with Crippen LogP contribution in [0.15, 0.2) is 243 Å². The highest BCUT2D eigenvalue weighted by atomic mass is 15.2. The number of aromatic nitrogens is 2. The number of nitrogens with zero attached hydrogens (tertiary/aromatic N) is 3. The molecule has 0 fully saturated rings. The van der Waals surface area contributed by atoms with Crippen LogP contribution in [-0.4, -0.2) is 15.2 Å². The first-order chi connectivity index (χ1) is 36.4. The highest BCUT2D eigenvalue weighted by Gasteiger charge is 2.38. The number of hydrogen-bond donors (Lipinski definition) is 1. The van der Waals surface area contributed by atoms with Gasteiger partial charge in [0.25, 0.3) is 0 Å². The lowest BCUT2D eigenvalue weighted by molar-refractivity contribution is 0.617. The third-order valence-electron chi connectivity index (χ3n) is 16.8. The number of benzene rings is 10. The molecule has 2 aromatic heterocycles. The van der Waals surface area contributed by atoms with Crippen LogP contribution in [0.2, 0.25) is 0 Å². The van der Waals surface area contributed by atoms with Crippen molar-refractivity contribution in [3.63, 3.8) is 0 Å². The Hall–Kier alpha value is -9.12. The molecule has 12 aromatic rings. The molecule has 2 N–H and O–H groups in total. The third-order valence-corrected chi connectivity index (χ3v) is 16.8. The van der Waals surface area contributed by atoms with E-state index >= 15 is 0 Å². The van der Waals surface area contributed by atoms with Crippen molar-refractivity contribution in [2.45, 2.75) is 37.6 Å². The molecule has 0 spiro atoms. The van der Waals surface area contributed by atoms with Gasteiger partial charge in [-0.3, -0.25) is 0 Å². The van der Waals surface area contributed by atoms with Gasteiger partial charge in [-0.1, -0.05) is 153 Å². The molecule has 4 nitrogen and oxygen atoms in total. The van der Waals surface area contributed by atoms with Crippen LogP contribution in [0.3, 0.4) is 0 Å². The van der Waals surface area contributed by atoms with Crippen molar-refractivity contribution in [2.24, 2.45) is 0 Å². The standard InChI is InChI=1S/C70H52N4/c1-43-44(2)57-41-63-62-39-48(47-29-34-68-61(38-47)55-23-13-15-25-66(55)73(68)51-18-8-4-9-19-51)30-35-69(62)74(52-20-10-5-11-21-52)70(63)42-59(57)53-31-26-49(40-56(43)53)58-36-45(27-32-64(58)71)46-28-33-67-60(37-46)54-22-12-14-24-65(54)72(67)50-16-6-3-7-17-50/h3-44,55,66H,71H2,1-2H3. The van der Waals surface area contributed by atoms with Crippen LogP contribution >= 0.6 is 0 Å². The fraction of sp³-hybridized carbons (Fsp3) is 0.0857. The Morgan fingerprint density at radius 1 is 0.351 bits per heavy atom. The fourth-order valence-electron chi connectivity index (χ4n) is 13.0. The van der Waals surface area contributed by atoms with Gasteiger partial charge in [-0.25, -0.2) is 0 Å². The zero-order chi connectivity index (χ0) is 49.2. The summed E-state index contributed by atoms with van der Waals surface area (Å²) in [5, 5.41) is 5.03. The van der Waals surface area contributed by atoms with E-state index in [4.69, 9.17) is 5.73 Å². The highest BCUT2D eigenvalue weighted by molar-refractivity contribution is 6.13. The average molecular weight is 949 g/mol. The predicted octanol–water partition coefficient (Wildman–Crippen LogP) is 18.1. The van der Waals surface area contributed by atoms with Crippen molar-refractivity contribution < 1.29 is 0 Å². The molecule has 0 saturated carbocycles. The molecule has 4 atom stereocenters. The molecule has 2 aliphatic carbocycles. The minimum atomic E-state index is 0.254. The van der Waals surface area contributed by atoms with Gasteiger partial charge in [0.1, 0.15) is 0 Å². The Morgan fingerprint density at radius 3 is 1.58 bits per heavy atom. The van der Waals surface area contributed by atoms with E-state index in [-0.39, 0.29) is 17.9 Å². The summed E-state index contributed by atoms with van der Waals surface area (Å²) in [6, 6.07) is 81.0. The lowest BCUT2D eigenvalue weighted by Crippen LogP contribution is -2.28. The van der Waals surface area contributed by atoms with Crippen molar-refractivity contribution >= 4 is 60.7 Å². The maximum absolute atomic E-state index is 6.93. The highest BCUT2D eigenvalue weighted by Crippen LogP contribution is 2.52. The van der Waals surface area contributed by atoms with Gasteiger partial charge in [-0.15, -0.1) is 0 Å². The van der Waals surface area contributed by atoms with E-state index in [0.29, 0.717) is 5.92 Å². The first-order valence-corrected chi connectivity index (χ1v) is 26.1. The Balaban J connectivity index is 0.832. The molecule has 352 valence electrons. The van der Waals surface area contributed by atoms with Crippen molar-refractivity contribution in [2.75, 3.05) is 10.6 Å². The molecule has 3 aliphatic rings. The normalized spacial score (nSPS) is 17.5. The second-order valence-corrected chi connectivity index (χ2v) is 20.7. The smallest absolute Gasteiger partial charge is 0.0629 e. The van der Waals surface area contributed by atoms with Crippen LogP contribution in [-0.2, 0) is 0 Å². The van der Waals surface area contributed by atoms with E-state index < -0.39 is 0 Å². The van der Waals surface area contributed by atoms with E-state index in [1.807, 2.05) is 0 Å². The largest absolute Gasteiger partial charge is 0.398 e. The number of nitrogen functional groups attached to an aromatic ring is 1. The molecule has 10 aromatic carbocycles. The molecule has 74 heavy (non-hydrogen) atoms. The zero-order valence-electron chi connectivity index (χ0n) is 41.3. The quantitative estimate of drug-likeness (QED) is 0.169. The van der Waals surface area contributed by atoms with E-state index in [1.54, 1.807) is 0 Å². The molecular weight excluding hydrogens is 897 g/mol. The summed E-state index contributed by atoms with van der Waals surface area (Å²) >= 11 is 0. The summed E-state index contributed by atoms with van der Waals surface area (Å²) in [5.41, 5.74) is 31.1. The predicted molar refractivity (Wildman–Crippen MR) is 311 cm³/mol. The lowest BCUT2D eigenvalue weighted by atomic mass is 9.72. The molecule has 4 heteroatoms. The lowest BCUT2D eigenvalue weighted by Gasteiger charge is -2.32. The van der Waals surface area contributed by atoms with Crippen LogP contribution in [0, 0.1) is 0 Å². The van der Waals surface area contributed by atoms with Crippen LogP contribution in [0.25, 0.3) is 99.5 Å². The number of hydrogen-bond acceptors (Lipinski definition) is 2. The minimum Gasteiger partial charge on any atom is -0.398 e. The number of allylic oxidation sites excluding steroid dienone is 2. The number of anilines is 3. The number of fused-ring (bicyclic) bond motifs is 12. The Kier molecular flexibility index (Phi) is 9.46. The molecular formula is C70H52N4. The Morgan fingerprint density at radius 2 is 0.865 bits per heavy atom. The second kappa shape index (κ2) is 16.5. The Bertz CT molecular complexity index is 4310. The molecule has 0 saturated heterocycles. The van der Waals surface area contributed by atoms with Gasteiger partial charge in [0, 0.05) is 61.5 Å². The number of rotatable bonds is 6. The third kappa shape index (κ3) is 6.41. The van der Waals surface area contributed by atoms with Gasteiger partial charge >= 0.3 is 0 Å². The maximum atomic E-state index is 6.93. The number of nitrogens with two attached hydrogens (primary N) is 1. The summed E-state index contributed by atoms with van der Waals surface area (Å²) < 4.78 is 4.84. The van der Waals surface area contributed by atoms with E-state index in [9.17, 15) is 0 Å². The monoisotopic (exact) mass is 948 g/mol. The second-order valence-electron chi connectivity index (χ2n) is 20.7. The summed E-state index contributed by atoms with van der Waals surface area (Å²) in [6.07, 6.45) is 9.13. The average Bonchev–Trinajstić information content (AvgIpc) is 4.10. The van der Waals surface area contributed by atoms with Gasteiger partial charge < -0.3 is 19.8 Å². The Labute approximate surface area is 431 Å². The molecule has 15 rings (SSSR count). The molecule has 3 heterocycles. The fourth-order valence-corrected chi connectivity index (χ4v) is 13.0. The molecule has 4 unspecified atom stereocenters.